The lowest BCUT2D eigenvalue weighted by Gasteiger charge is -2.21. The van der Waals surface area contributed by atoms with Gasteiger partial charge >= 0.3 is 0 Å². The van der Waals surface area contributed by atoms with Gasteiger partial charge in [0.1, 0.15) is 0 Å². The van der Waals surface area contributed by atoms with Gasteiger partial charge in [0.2, 0.25) is 0 Å². The highest BCUT2D eigenvalue weighted by atomic mass is 15.0. The van der Waals surface area contributed by atoms with Crippen molar-refractivity contribution in [3.63, 3.8) is 0 Å². The third-order valence-electron chi connectivity index (χ3n) is 15.8. The van der Waals surface area contributed by atoms with Crippen LogP contribution < -0.4 is 0 Å². The molecule has 3 heterocycles. The molecule has 6 nitrogen and oxygen atoms in total. The van der Waals surface area contributed by atoms with Gasteiger partial charge in [-0.05, 0) is 151 Å². The number of hydrogen-bond acceptors (Lipinski definition) is 4. The predicted molar refractivity (Wildman–Crippen MR) is 330 cm³/mol. The highest BCUT2D eigenvalue weighted by Crippen LogP contribution is 2.45. The summed E-state index contributed by atoms with van der Waals surface area (Å²) in [6.07, 6.45) is 0. The lowest BCUT2D eigenvalue weighted by atomic mass is 9.94. The third kappa shape index (κ3) is 8.32. The van der Waals surface area contributed by atoms with E-state index in [0.29, 0.717) is 23.0 Å². The van der Waals surface area contributed by atoms with Gasteiger partial charge in [0.15, 0.2) is 17.5 Å². The number of benzene rings is 11. The average molecular weight is 1030 g/mol. The first-order valence-corrected chi connectivity index (χ1v) is 27.1. The number of rotatable bonds is 9. The zero-order valence-corrected chi connectivity index (χ0v) is 44.8. The maximum atomic E-state index is 9.89. The van der Waals surface area contributed by atoms with Gasteiger partial charge in [-0.2, -0.15) is 5.26 Å². The number of hydrogen-bond donors (Lipinski definition) is 0. The van der Waals surface area contributed by atoms with Gasteiger partial charge in [0, 0.05) is 49.4 Å². The van der Waals surface area contributed by atoms with Gasteiger partial charge in [-0.25, -0.2) is 15.0 Å². The van der Waals surface area contributed by atoms with Crippen molar-refractivity contribution in [2.24, 2.45) is 0 Å². The van der Waals surface area contributed by atoms with Crippen LogP contribution in [0.15, 0.2) is 243 Å². The van der Waals surface area contributed by atoms with Crippen molar-refractivity contribution in [3.8, 4) is 96.1 Å². The summed E-state index contributed by atoms with van der Waals surface area (Å²) in [7, 11) is 0. The van der Waals surface area contributed by atoms with Crippen molar-refractivity contribution in [1.29, 1.82) is 5.26 Å². The van der Waals surface area contributed by atoms with Crippen LogP contribution in [0.3, 0.4) is 0 Å². The Balaban J connectivity index is 1.08. The molecule has 80 heavy (non-hydrogen) atoms. The summed E-state index contributed by atoms with van der Waals surface area (Å²) in [4.78, 5) is 15.7. The summed E-state index contributed by atoms with van der Waals surface area (Å²) in [5.41, 5.74) is 23.4. The van der Waals surface area contributed by atoms with E-state index < -0.39 is 0 Å². The van der Waals surface area contributed by atoms with E-state index in [1.54, 1.807) is 0 Å². The topological polar surface area (TPSA) is 72.3 Å². The summed E-state index contributed by atoms with van der Waals surface area (Å²) < 4.78 is 4.88. The molecule has 0 amide bonds. The Labute approximate surface area is 464 Å². The van der Waals surface area contributed by atoms with Crippen molar-refractivity contribution < 1.29 is 0 Å². The van der Waals surface area contributed by atoms with Crippen molar-refractivity contribution >= 4 is 43.6 Å². The van der Waals surface area contributed by atoms with Crippen molar-refractivity contribution in [1.82, 2.24) is 24.1 Å². The monoisotopic (exact) mass is 1020 g/mol. The van der Waals surface area contributed by atoms with Crippen molar-refractivity contribution in [2.45, 2.75) is 27.7 Å². The van der Waals surface area contributed by atoms with E-state index in [4.69, 9.17) is 15.0 Å². The molecule has 0 unspecified atom stereocenters. The zero-order chi connectivity index (χ0) is 54.0. The molecule has 0 aliphatic heterocycles. The average Bonchev–Trinajstić information content (AvgIpc) is 4.11. The van der Waals surface area contributed by atoms with E-state index in [9.17, 15) is 5.26 Å². The molecule has 0 bridgehead atoms. The van der Waals surface area contributed by atoms with E-state index in [1.807, 2.05) is 84.9 Å². The van der Waals surface area contributed by atoms with Gasteiger partial charge in [0.05, 0.1) is 45.1 Å². The second kappa shape index (κ2) is 19.5. The summed E-state index contributed by atoms with van der Waals surface area (Å²) in [6, 6.07) is 88.8. The first-order valence-electron chi connectivity index (χ1n) is 27.1. The first-order chi connectivity index (χ1) is 39.2. The van der Waals surface area contributed by atoms with E-state index in [1.165, 1.54) is 60.7 Å². The first kappa shape index (κ1) is 47.9. The number of fused-ring (bicyclic) bond motifs is 6. The van der Waals surface area contributed by atoms with Gasteiger partial charge in [-0.15, -0.1) is 0 Å². The predicted octanol–water partition coefficient (Wildman–Crippen LogP) is 18.8. The van der Waals surface area contributed by atoms with E-state index in [0.717, 1.165) is 77.8 Å². The van der Waals surface area contributed by atoms with Crippen LogP contribution in [0.4, 0.5) is 0 Å². The Morgan fingerprint density at radius 3 is 1.18 bits per heavy atom. The Morgan fingerprint density at radius 1 is 0.300 bits per heavy atom. The van der Waals surface area contributed by atoms with Crippen LogP contribution in [-0.4, -0.2) is 24.1 Å². The maximum absolute atomic E-state index is 9.89. The maximum Gasteiger partial charge on any atom is 0.164 e. The smallest absolute Gasteiger partial charge is 0.164 e. The van der Waals surface area contributed by atoms with Crippen molar-refractivity contribution in [2.75, 3.05) is 0 Å². The molecule has 0 saturated heterocycles. The normalized spacial score (nSPS) is 11.5. The number of nitriles is 1. The SMILES string of the molecule is Cc1ccc(-c2ccc3c(c2)c2ccccc2n3-c2ccc(-c3ccc(C#N)cc3)cc2-c2cc(-c3nc(-c4ccccc4)nc(-c4ccccc4)n3)ccc2-n2c3ccccc3c3cc(-c4ccc(C)cc4C)ccc32)c(C)c1. The molecule has 0 atom stereocenters. The molecule has 0 N–H and O–H groups in total. The molecule has 378 valence electrons. The van der Waals surface area contributed by atoms with Gasteiger partial charge in [-0.3, -0.25) is 0 Å². The Kier molecular flexibility index (Phi) is 11.7. The second-order valence-corrected chi connectivity index (χ2v) is 21.0. The van der Waals surface area contributed by atoms with Crippen molar-refractivity contribution in [3.05, 3.63) is 270 Å². The highest BCUT2D eigenvalue weighted by Gasteiger charge is 2.24. The molecule has 11 aromatic carbocycles. The summed E-state index contributed by atoms with van der Waals surface area (Å²) in [5, 5.41) is 14.6. The molecule has 0 aliphatic rings. The Hall–Kier alpha value is -10.5. The zero-order valence-electron chi connectivity index (χ0n) is 44.8. The van der Waals surface area contributed by atoms with Crippen LogP contribution in [-0.2, 0) is 0 Å². The largest absolute Gasteiger partial charge is 0.309 e. The molecule has 0 spiro atoms. The quantitative estimate of drug-likeness (QED) is 0.144. The fourth-order valence-electron chi connectivity index (χ4n) is 12.0. The Morgan fingerprint density at radius 2 is 0.700 bits per heavy atom. The minimum atomic E-state index is 0.562. The van der Waals surface area contributed by atoms with Crippen LogP contribution in [0.5, 0.6) is 0 Å². The molecule has 0 radical (unpaired) electrons. The van der Waals surface area contributed by atoms with Crippen LogP contribution in [0, 0.1) is 39.0 Å². The number of nitrogens with zero attached hydrogens (tertiary/aromatic N) is 6. The fraction of sp³-hybridized carbons (Fsp3) is 0.0541. The third-order valence-corrected chi connectivity index (χ3v) is 15.8. The second-order valence-electron chi connectivity index (χ2n) is 21.0. The van der Waals surface area contributed by atoms with Crippen LogP contribution in [0.2, 0.25) is 0 Å². The Bertz CT molecular complexity index is 4750. The number of para-hydroxylation sites is 2. The molecule has 3 aromatic heterocycles. The lowest BCUT2D eigenvalue weighted by Crippen LogP contribution is -2.04. The molecular weight excluding hydrogens is 973 g/mol. The van der Waals surface area contributed by atoms with Crippen LogP contribution in [0.1, 0.15) is 27.8 Å². The van der Waals surface area contributed by atoms with Gasteiger partial charge in [-0.1, -0.05) is 175 Å². The molecular formula is C74H52N6. The number of aryl methyl sites for hydroxylation is 4. The molecule has 0 saturated carbocycles. The van der Waals surface area contributed by atoms with E-state index in [2.05, 4.69) is 201 Å². The van der Waals surface area contributed by atoms with Crippen LogP contribution in [0.25, 0.3) is 134 Å². The lowest BCUT2D eigenvalue weighted by molar-refractivity contribution is 1.07. The molecule has 14 aromatic rings. The van der Waals surface area contributed by atoms with Gasteiger partial charge in [0.25, 0.3) is 0 Å². The van der Waals surface area contributed by atoms with E-state index in [-0.39, 0.29) is 0 Å². The summed E-state index contributed by atoms with van der Waals surface area (Å²) in [5.74, 6) is 1.75. The molecule has 14 rings (SSSR count). The molecule has 0 fully saturated rings. The fourth-order valence-corrected chi connectivity index (χ4v) is 12.0. The summed E-state index contributed by atoms with van der Waals surface area (Å²) >= 11 is 0. The number of aromatic nitrogens is 5. The molecule has 6 heteroatoms. The minimum Gasteiger partial charge on any atom is -0.309 e. The van der Waals surface area contributed by atoms with Crippen LogP contribution >= 0.6 is 0 Å². The summed E-state index contributed by atoms with van der Waals surface area (Å²) in [6.45, 7) is 8.70. The minimum absolute atomic E-state index is 0.562. The standard InChI is InChI=1S/C74H52N6/c1-46-23-33-58(48(3)39-46)55-30-36-68-62(42-55)60-19-11-13-21-66(60)79(68)70-35-29-54(51-27-25-50(45-75)26-28-51)41-64(70)65-44-57(74-77-72(52-15-7-5-8-16-52)76-73(78-74)53-17-9-6-10-18-53)32-38-71(65)80-67-22-14-12-20-61(67)63-43-56(31-37-69(63)80)59-34-24-47(2)40-49(59)4/h5-44H,1-4H3. The molecule has 0 aliphatic carbocycles. The van der Waals surface area contributed by atoms with Gasteiger partial charge < -0.3 is 9.13 Å². The van der Waals surface area contributed by atoms with E-state index >= 15 is 0 Å². The highest BCUT2D eigenvalue weighted by molar-refractivity contribution is 6.13.